The number of H-pyrrole nitrogens is 1. The summed E-state index contributed by atoms with van der Waals surface area (Å²) in [5, 5.41) is 1.31. The molecule has 2 aromatic carbocycles. The molecule has 2 aromatic heterocycles. The van der Waals surface area contributed by atoms with Gasteiger partial charge < -0.3 is 20.4 Å². The summed E-state index contributed by atoms with van der Waals surface area (Å²) in [5.41, 5.74) is 10.1. The molecule has 0 bridgehead atoms. The molecule has 8 nitrogen and oxygen atoms in total. The van der Waals surface area contributed by atoms with Crippen molar-refractivity contribution in [3.05, 3.63) is 70.5 Å². The van der Waals surface area contributed by atoms with Crippen LogP contribution in [-0.4, -0.2) is 59.2 Å². The Labute approximate surface area is 213 Å². The third-order valence-corrected chi connectivity index (χ3v) is 7.22. The van der Waals surface area contributed by atoms with Gasteiger partial charge in [0.1, 0.15) is 11.4 Å². The minimum absolute atomic E-state index is 0.00710. The van der Waals surface area contributed by atoms with Crippen LogP contribution in [0.1, 0.15) is 18.4 Å². The van der Waals surface area contributed by atoms with Gasteiger partial charge >= 0.3 is 0 Å². The Kier molecular flexibility index (Phi) is 6.31. The van der Waals surface area contributed by atoms with Crippen molar-refractivity contribution >= 4 is 22.3 Å². The summed E-state index contributed by atoms with van der Waals surface area (Å²) in [7, 11) is 0. The van der Waals surface area contributed by atoms with E-state index in [1.165, 1.54) is 12.8 Å². The molecule has 0 unspecified atom stereocenters. The molecular weight excluding hydrogens is 471 g/mol. The second-order valence-electron chi connectivity index (χ2n) is 9.63. The van der Waals surface area contributed by atoms with Crippen molar-refractivity contribution in [2.24, 2.45) is 0 Å². The minimum atomic E-state index is -0.704. The number of aromatic amines is 1. The zero-order valence-electron chi connectivity index (χ0n) is 20.5. The maximum absolute atomic E-state index is 15.2. The summed E-state index contributed by atoms with van der Waals surface area (Å²) < 4.78 is 20.7. The fourth-order valence-corrected chi connectivity index (χ4v) is 5.32. The van der Waals surface area contributed by atoms with Crippen LogP contribution in [-0.2, 0) is 11.3 Å². The van der Waals surface area contributed by atoms with Crippen LogP contribution in [0.15, 0.2) is 53.5 Å². The number of aromatic nitrogens is 3. The highest BCUT2D eigenvalue weighted by Crippen LogP contribution is 2.33. The molecule has 6 rings (SSSR count). The van der Waals surface area contributed by atoms with Gasteiger partial charge in [0.2, 0.25) is 5.95 Å². The van der Waals surface area contributed by atoms with Gasteiger partial charge in [0.05, 0.1) is 13.2 Å². The second kappa shape index (κ2) is 9.91. The van der Waals surface area contributed by atoms with Gasteiger partial charge in [0.15, 0.2) is 5.82 Å². The highest BCUT2D eigenvalue weighted by atomic mass is 19.1. The predicted octanol–water partition coefficient (Wildman–Crippen LogP) is 3.81. The van der Waals surface area contributed by atoms with Crippen molar-refractivity contribution in [2.75, 3.05) is 50.0 Å². The predicted molar refractivity (Wildman–Crippen MR) is 143 cm³/mol. The number of nitrogen functional groups attached to an aromatic ring is 1. The van der Waals surface area contributed by atoms with E-state index in [1.54, 1.807) is 18.3 Å². The number of ether oxygens (including phenoxy) is 1. The molecule has 2 fully saturated rings. The van der Waals surface area contributed by atoms with Crippen molar-refractivity contribution in [3.8, 4) is 22.5 Å². The van der Waals surface area contributed by atoms with Crippen LogP contribution >= 0.6 is 0 Å². The first-order valence-corrected chi connectivity index (χ1v) is 12.7. The van der Waals surface area contributed by atoms with E-state index < -0.39 is 5.95 Å². The molecule has 0 spiro atoms. The van der Waals surface area contributed by atoms with E-state index in [1.807, 2.05) is 24.3 Å². The fraction of sp³-hybridized carbons (Fsp3) is 0.321. The monoisotopic (exact) mass is 500 g/mol. The Bertz CT molecular complexity index is 1510. The third-order valence-electron chi connectivity index (χ3n) is 7.22. The van der Waals surface area contributed by atoms with Gasteiger partial charge in [-0.1, -0.05) is 12.1 Å². The number of pyridine rings is 1. The Balaban J connectivity index is 1.42. The highest BCUT2D eigenvalue weighted by molar-refractivity contribution is 5.87. The number of hydrogen-bond donors (Lipinski definition) is 2. The van der Waals surface area contributed by atoms with Crippen molar-refractivity contribution in [3.63, 3.8) is 0 Å². The number of anilines is 2. The van der Waals surface area contributed by atoms with E-state index in [9.17, 15) is 4.79 Å². The number of fused-ring (bicyclic) bond motifs is 1. The number of hydrogen-bond acceptors (Lipinski definition) is 7. The Hall–Kier alpha value is -3.82. The number of likely N-dealkylation sites (tertiary alicyclic amines) is 1. The lowest BCUT2D eigenvalue weighted by atomic mass is 10.0. The lowest BCUT2D eigenvalue weighted by Crippen LogP contribution is -2.37. The first-order valence-electron chi connectivity index (χ1n) is 12.7. The molecule has 0 saturated carbocycles. The molecule has 37 heavy (non-hydrogen) atoms. The van der Waals surface area contributed by atoms with Crippen LogP contribution in [0.3, 0.4) is 0 Å². The van der Waals surface area contributed by atoms with Crippen LogP contribution in [0.2, 0.25) is 0 Å². The fourth-order valence-electron chi connectivity index (χ4n) is 5.32. The van der Waals surface area contributed by atoms with E-state index in [2.05, 4.69) is 30.8 Å². The SMILES string of the molecule is Nc1nc(F)c(-c2ccc(N3CCOCC3)c(CN3CCCC3)c2)nc1-c1ccc2c(=O)[nH]ccc2c1. The topological polar surface area (TPSA) is 100 Å². The average molecular weight is 501 g/mol. The molecule has 2 saturated heterocycles. The summed E-state index contributed by atoms with van der Waals surface area (Å²) in [6.07, 6.45) is 3.99. The lowest BCUT2D eigenvalue weighted by molar-refractivity contribution is 0.122. The van der Waals surface area contributed by atoms with E-state index in [0.29, 0.717) is 35.4 Å². The standard InChI is InChI=1S/C28H29FN6O2/c29-26-24(32-25(27(30)33-26)20-3-5-22-18(15-20)7-8-31-28(22)36)19-4-6-23(35-11-13-37-14-12-35)21(16-19)17-34-9-1-2-10-34/h3-8,15-16H,1-2,9-14,17H2,(H2,30,33)(H,31,36). The van der Waals surface area contributed by atoms with Crippen LogP contribution < -0.4 is 16.2 Å². The molecule has 0 amide bonds. The molecule has 4 heterocycles. The molecule has 190 valence electrons. The summed E-state index contributed by atoms with van der Waals surface area (Å²) in [5.74, 6) is -0.697. The van der Waals surface area contributed by atoms with Gasteiger partial charge in [0.25, 0.3) is 5.56 Å². The van der Waals surface area contributed by atoms with Gasteiger partial charge in [-0.15, -0.1) is 0 Å². The van der Waals surface area contributed by atoms with E-state index in [0.717, 1.165) is 49.4 Å². The molecule has 9 heteroatoms. The quantitative estimate of drug-likeness (QED) is 0.430. The van der Waals surface area contributed by atoms with E-state index in [4.69, 9.17) is 10.5 Å². The molecule has 3 N–H and O–H groups in total. The van der Waals surface area contributed by atoms with Crippen molar-refractivity contribution in [1.82, 2.24) is 19.9 Å². The zero-order chi connectivity index (χ0) is 25.4. The number of nitrogens with zero attached hydrogens (tertiary/aromatic N) is 4. The Morgan fingerprint density at radius 1 is 0.946 bits per heavy atom. The lowest BCUT2D eigenvalue weighted by Gasteiger charge is -2.31. The Morgan fingerprint density at radius 2 is 1.70 bits per heavy atom. The van der Waals surface area contributed by atoms with E-state index in [-0.39, 0.29) is 17.1 Å². The molecule has 2 aliphatic heterocycles. The molecular formula is C28H29FN6O2. The van der Waals surface area contributed by atoms with Gasteiger partial charge in [-0.2, -0.15) is 9.37 Å². The summed E-state index contributed by atoms with van der Waals surface area (Å²) in [6, 6.07) is 13.1. The van der Waals surface area contributed by atoms with Crippen LogP contribution in [0, 0.1) is 5.95 Å². The number of halogens is 1. The minimum Gasteiger partial charge on any atom is -0.382 e. The Morgan fingerprint density at radius 3 is 2.51 bits per heavy atom. The normalized spacial score (nSPS) is 16.5. The smallest absolute Gasteiger partial charge is 0.255 e. The summed E-state index contributed by atoms with van der Waals surface area (Å²) >= 11 is 0. The largest absolute Gasteiger partial charge is 0.382 e. The highest BCUT2D eigenvalue weighted by Gasteiger charge is 2.21. The first-order chi connectivity index (χ1) is 18.1. The summed E-state index contributed by atoms with van der Waals surface area (Å²) in [4.78, 5) is 28.2. The first kappa shape index (κ1) is 23.6. The van der Waals surface area contributed by atoms with Crippen LogP contribution in [0.4, 0.5) is 15.9 Å². The van der Waals surface area contributed by atoms with Gasteiger partial charge in [-0.25, -0.2) is 4.98 Å². The van der Waals surface area contributed by atoms with Gasteiger partial charge in [-0.05, 0) is 67.2 Å². The maximum Gasteiger partial charge on any atom is 0.255 e. The maximum atomic E-state index is 15.2. The van der Waals surface area contributed by atoms with E-state index >= 15 is 4.39 Å². The summed E-state index contributed by atoms with van der Waals surface area (Å²) in [6.45, 7) is 5.99. The van der Waals surface area contributed by atoms with Crippen LogP contribution in [0.25, 0.3) is 33.3 Å². The van der Waals surface area contributed by atoms with Crippen molar-refractivity contribution < 1.29 is 9.13 Å². The third kappa shape index (κ3) is 4.68. The van der Waals surface area contributed by atoms with Crippen molar-refractivity contribution in [1.29, 1.82) is 0 Å². The average Bonchev–Trinajstić information content (AvgIpc) is 3.42. The zero-order valence-corrected chi connectivity index (χ0v) is 20.5. The molecule has 0 aliphatic carbocycles. The van der Waals surface area contributed by atoms with Crippen molar-refractivity contribution in [2.45, 2.75) is 19.4 Å². The molecule has 0 atom stereocenters. The number of benzene rings is 2. The van der Waals surface area contributed by atoms with Crippen LogP contribution in [0.5, 0.6) is 0 Å². The number of nitrogens with two attached hydrogens (primary N) is 1. The van der Waals surface area contributed by atoms with Gasteiger partial charge in [-0.3, -0.25) is 9.69 Å². The second-order valence-corrected chi connectivity index (χ2v) is 9.63. The number of nitrogens with one attached hydrogen (secondary N) is 1. The molecule has 0 radical (unpaired) electrons. The number of rotatable bonds is 5. The molecule has 4 aromatic rings. The van der Waals surface area contributed by atoms with Gasteiger partial charge in [0, 0.05) is 48.0 Å². The number of morpholine rings is 1. The molecule has 2 aliphatic rings.